The summed E-state index contributed by atoms with van der Waals surface area (Å²) in [5, 5.41) is 11.9. The number of anilines is 1. The Bertz CT molecular complexity index is 401. The first kappa shape index (κ1) is 16.7. The zero-order chi connectivity index (χ0) is 14.8. The number of nitrogens with one attached hydrogen (secondary N) is 1. The highest BCUT2D eigenvalue weighted by Crippen LogP contribution is 2.18. The van der Waals surface area contributed by atoms with Crippen molar-refractivity contribution in [2.75, 3.05) is 11.9 Å². The van der Waals surface area contributed by atoms with Gasteiger partial charge in [0.1, 0.15) is 0 Å². The number of hydrogen-bond acceptors (Lipinski definition) is 3. The van der Waals surface area contributed by atoms with Crippen molar-refractivity contribution in [2.45, 2.75) is 45.6 Å². The molecule has 0 heterocycles. The van der Waals surface area contributed by atoms with E-state index >= 15 is 0 Å². The molecule has 1 rings (SSSR count). The van der Waals surface area contributed by atoms with Gasteiger partial charge in [0.2, 0.25) is 5.91 Å². The molecule has 0 spiro atoms. The maximum Gasteiger partial charge on any atom is 0.224 e. The minimum atomic E-state index is -0.0151. The Hall–Kier alpha value is -1.39. The summed E-state index contributed by atoms with van der Waals surface area (Å²) < 4.78 is 0. The molecule has 0 saturated heterocycles. The van der Waals surface area contributed by atoms with Gasteiger partial charge in [-0.15, -0.1) is 0 Å². The number of amides is 1. The van der Waals surface area contributed by atoms with Crippen molar-refractivity contribution >= 4 is 11.6 Å². The van der Waals surface area contributed by atoms with E-state index in [0.717, 1.165) is 36.9 Å². The average Bonchev–Trinajstić information content (AvgIpc) is 2.45. The van der Waals surface area contributed by atoms with E-state index in [1.807, 2.05) is 18.2 Å². The molecule has 1 atom stereocenters. The summed E-state index contributed by atoms with van der Waals surface area (Å²) in [4.78, 5) is 11.9. The Balaban J connectivity index is 2.42. The molecule has 0 aliphatic heterocycles. The topological polar surface area (TPSA) is 75.4 Å². The predicted molar refractivity (Wildman–Crippen MR) is 82.3 cm³/mol. The van der Waals surface area contributed by atoms with Gasteiger partial charge in [0.05, 0.1) is 6.61 Å². The van der Waals surface area contributed by atoms with Crippen LogP contribution >= 0.6 is 0 Å². The number of aliphatic hydroxyl groups is 1. The molecule has 20 heavy (non-hydrogen) atoms. The molecule has 1 unspecified atom stereocenters. The summed E-state index contributed by atoms with van der Waals surface area (Å²) in [7, 11) is 0. The van der Waals surface area contributed by atoms with Gasteiger partial charge in [-0.25, -0.2) is 0 Å². The third-order valence-corrected chi connectivity index (χ3v) is 3.44. The third kappa shape index (κ3) is 6.17. The fourth-order valence-corrected chi connectivity index (χ4v) is 2.38. The van der Waals surface area contributed by atoms with Gasteiger partial charge >= 0.3 is 0 Å². The van der Waals surface area contributed by atoms with Crippen LogP contribution in [0.3, 0.4) is 0 Å². The lowest BCUT2D eigenvalue weighted by molar-refractivity contribution is -0.116. The van der Waals surface area contributed by atoms with Gasteiger partial charge in [0, 0.05) is 12.1 Å². The molecular formula is C16H26N2O2. The van der Waals surface area contributed by atoms with Crippen LogP contribution in [0.1, 0.15) is 44.6 Å². The lowest BCUT2D eigenvalue weighted by Gasteiger charge is -2.14. The van der Waals surface area contributed by atoms with Crippen molar-refractivity contribution < 1.29 is 9.90 Å². The largest absolute Gasteiger partial charge is 0.392 e. The first-order valence-electron chi connectivity index (χ1n) is 7.39. The fraction of sp³-hybridized carbons (Fsp3) is 0.562. The van der Waals surface area contributed by atoms with Gasteiger partial charge in [0.15, 0.2) is 0 Å². The minimum absolute atomic E-state index is 0.0151. The van der Waals surface area contributed by atoms with Crippen LogP contribution in [0.25, 0.3) is 0 Å². The van der Waals surface area contributed by atoms with Crippen molar-refractivity contribution in [2.24, 2.45) is 11.7 Å². The average molecular weight is 278 g/mol. The molecule has 0 radical (unpaired) electrons. The van der Waals surface area contributed by atoms with Crippen LogP contribution in [0.2, 0.25) is 0 Å². The second kappa shape index (κ2) is 9.50. The summed E-state index contributed by atoms with van der Waals surface area (Å²) in [5.74, 6) is 0.567. The fourth-order valence-electron chi connectivity index (χ4n) is 2.38. The van der Waals surface area contributed by atoms with Crippen molar-refractivity contribution in [1.29, 1.82) is 0 Å². The van der Waals surface area contributed by atoms with E-state index in [-0.39, 0.29) is 12.5 Å². The van der Waals surface area contributed by atoms with Crippen LogP contribution in [0, 0.1) is 5.92 Å². The molecule has 0 bridgehead atoms. The van der Waals surface area contributed by atoms with Crippen molar-refractivity contribution in [3.8, 4) is 0 Å². The summed E-state index contributed by atoms with van der Waals surface area (Å²) in [6, 6.07) is 7.28. The summed E-state index contributed by atoms with van der Waals surface area (Å²) in [6.45, 7) is 2.83. The molecular weight excluding hydrogens is 252 g/mol. The summed E-state index contributed by atoms with van der Waals surface area (Å²) in [5.41, 5.74) is 7.14. The number of aliphatic hydroxyl groups excluding tert-OH is 1. The van der Waals surface area contributed by atoms with E-state index in [1.54, 1.807) is 6.07 Å². The lowest BCUT2D eigenvalue weighted by Crippen LogP contribution is -2.15. The Kier molecular flexibility index (Phi) is 7.92. The van der Waals surface area contributed by atoms with Crippen LogP contribution in [0.4, 0.5) is 5.69 Å². The molecule has 0 aromatic heterocycles. The van der Waals surface area contributed by atoms with Gasteiger partial charge < -0.3 is 16.2 Å². The molecule has 0 fully saturated rings. The van der Waals surface area contributed by atoms with Crippen LogP contribution in [-0.2, 0) is 11.4 Å². The molecule has 4 nitrogen and oxygen atoms in total. The lowest BCUT2D eigenvalue weighted by atomic mass is 9.94. The quantitative estimate of drug-likeness (QED) is 0.650. The maximum atomic E-state index is 11.9. The van der Waals surface area contributed by atoms with E-state index in [2.05, 4.69) is 12.2 Å². The van der Waals surface area contributed by atoms with Gasteiger partial charge in [-0.3, -0.25) is 4.79 Å². The van der Waals surface area contributed by atoms with Crippen LogP contribution in [0.15, 0.2) is 24.3 Å². The van der Waals surface area contributed by atoms with Crippen LogP contribution < -0.4 is 11.1 Å². The van der Waals surface area contributed by atoms with E-state index in [9.17, 15) is 4.79 Å². The second-order valence-electron chi connectivity index (χ2n) is 5.18. The van der Waals surface area contributed by atoms with E-state index in [1.165, 1.54) is 0 Å². The normalized spacial score (nSPS) is 12.2. The molecule has 4 heteroatoms. The van der Waals surface area contributed by atoms with Crippen LogP contribution in [0.5, 0.6) is 0 Å². The van der Waals surface area contributed by atoms with Crippen molar-refractivity contribution in [3.05, 3.63) is 29.8 Å². The Labute approximate surface area is 121 Å². The standard InChI is InChI=1S/C16H26N2O2/c1-2-4-13(9-10-17)7-8-16(20)18-15-6-3-5-14(11-15)12-19/h3,5-6,11,13,19H,2,4,7-10,12,17H2,1H3,(H,18,20). The number of rotatable bonds is 9. The summed E-state index contributed by atoms with van der Waals surface area (Å²) >= 11 is 0. The zero-order valence-electron chi connectivity index (χ0n) is 12.3. The third-order valence-electron chi connectivity index (χ3n) is 3.44. The number of nitrogens with two attached hydrogens (primary N) is 1. The molecule has 112 valence electrons. The minimum Gasteiger partial charge on any atom is -0.392 e. The van der Waals surface area contributed by atoms with Crippen LogP contribution in [-0.4, -0.2) is 17.6 Å². The molecule has 1 amide bonds. The zero-order valence-corrected chi connectivity index (χ0v) is 12.3. The monoisotopic (exact) mass is 278 g/mol. The first-order valence-corrected chi connectivity index (χ1v) is 7.39. The van der Waals surface area contributed by atoms with E-state index in [0.29, 0.717) is 18.9 Å². The first-order chi connectivity index (χ1) is 9.69. The van der Waals surface area contributed by atoms with Gasteiger partial charge in [-0.1, -0.05) is 31.9 Å². The SMILES string of the molecule is CCCC(CCN)CCC(=O)Nc1cccc(CO)c1. The van der Waals surface area contributed by atoms with Crippen molar-refractivity contribution in [1.82, 2.24) is 0 Å². The maximum absolute atomic E-state index is 11.9. The number of hydrogen-bond donors (Lipinski definition) is 3. The highest BCUT2D eigenvalue weighted by atomic mass is 16.3. The molecule has 1 aromatic carbocycles. The molecule has 0 aliphatic carbocycles. The van der Waals surface area contributed by atoms with E-state index < -0.39 is 0 Å². The van der Waals surface area contributed by atoms with Gasteiger partial charge in [0.25, 0.3) is 0 Å². The van der Waals surface area contributed by atoms with Gasteiger partial charge in [-0.05, 0) is 43.0 Å². The highest BCUT2D eigenvalue weighted by molar-refractivity contribution is 5.90. The molecule has 0 saturated carbocycles. The predicted octanol–water partition coefficient (Wildman–Crippen LogP) is 2.66. The second-order valence-corrected chi connectivity index (χ2v) is 5.18. The highest BCUT2D eigenvalue weighted by Gasteiger charge is 2.10. The number of benzene rings is 1. The van der Waals surface area contributed by atoms with Gasteiger partial charge in [-0.2, -0.15) is 0 Å². The number of carbonyl (C=O) groups excluding carboxylic acids is 1. The van der Waals surface area contributed by atoms with E-state index in [4.69, 9.17) is 10.8 Å². The molecule has 1 aromatic rings. The molecule has 4 N–H and O–H groups in total. The van der Waals surface area contributed by atoms with Crippen molar-refractivity contribution in [3.63, 3.8) is 0 Å². The smallest absolute Gasteiger partial charge is 0.224 e. The Morgan fingerprint density at radius 3 is 2.80 bits per heavy atom. The Morgan fingerprint density at radius 1 is 1.35 bits per heavy atom. The Morgan fingerprint density at radius 2 is 2.15 bits per heavy atom. The number of carbonyl (C=O) groups is 1. The molecule has 0 aliphatic rings. The summed E-state index contributed by atoms with van der Waals surface area (Å²) in [6.07, 6.45) is 4.65.